The summed E-state index contributed by atoms with van der Waals surface area (Å²) >= 11 is 7.99. The Morgan fingerprint density at radius 2 is 2.08 bits per heavy atom. The van der Waals surface area contributed by atoms with Gasteiger partial charge in [-0.1, -0.05) is 29.4 Å². The highest BCUT2D eigenvalue weighted by atomic mass is 35.5. The van der Waals surface area contributed by atoms with Crippen LogP contribution in [0.1, 0.15) is 12.0 Å². The second kappa shape index (κ2) is 6.78. The van der Waals surface area contributed by atoms with Gasteiger partial charge in [0.25, 0.3) is 0 Å². The van der Waals surface area contributed by atoms with Crippen LogP contribution in [0.5, 0.6) is 5.75 Å². The van der Waals surface area contributed by atoms with E-state index in [1.54, 1.807) is 18.9 Å². The SMILES string of the molecule is COc1ccc(N=C(SC)N2C[C@H]3C[C@@]3(c3ccc(F)cc3Cl)C2)cc1. The van der Waals surface area contributed by atoms with E-state index >= 15 is 0 Å². The van der Waals surface area contributed by atoms with Crippen molar-refractivity contribution >= 4 is 34.2 Å². The maximum Gasteiger partial charge on any atom is 0.164 e. The number of hydrogen-bond donors (Lipinski definition) is 0. The lowest BCUT2D eigenvalue weighted by molar-refractivity contribution is 0.415. The van der Waals surface area contributed by atoms with E-state index in [-0.39, 0.29) is 11.2 Å². The fourth-order valence-corrected chi connectivity index (χ4v) is 4.90. The number of rotatable bonds is 3. The first-order valence-corrected chi connectivity index (χ1v) is 10.1. The summed E-state index contributed by atoms with van der Waals surface area (Å²) in [6, 6.07) is 12.5. The molecule has 1 saturated carbocycles. The van der Waals surface area contributed by atoms with Gasteiger partial charge in [-0.3, -0.25) is 0 Å². The van der Waals surface area contributed by atoms with Crippen molar-refractivity contribution in [3.05, 3.63) is 58.9 Å². The molecule has 136 valence electrons. The molecule has 2 aliphatic rings. The van der Waals surface area contributed by atoms with Gasteiger partial charge in [-0.25, -0.2) is 9.38 Å². The van der Waals surface area contributed by atoms with Crippen LogP contribution >= 0.6 is 23.4 Å². The molecule has 6 heteroatoms. The van der Waals surface area contributed by atoms with Crippen LogP contribution in [0.3, 0.4) is 0 Å². The van der Waals surface area contributed by atoms with E-state index in [1.807, 2.05) is 36.6 Å². The van der Waals surface area contributed by atoms with Crippen molar-refractivity contribution in [2.24, 2.45) is 10.9 Å². The van der Waals surface area contributed by atoms with Crippen LogP contribution in [-0.2, 0) is 5.41 Å². The van der Waals surface area contributed by atoms with E-state index in [0.717, 1.165) is 41.7 Å². The number of hydrogen-bond acceptors (Lipinski definition) is 3. The summed E-state index contributed by atoms with van der Waals surface area (Å²) in [5, 5.41) is 1.53. The maximum atomic E-state index is 13.4. The normalized spacial score (nSPS) is 24.5. The largest absolute Gasteiger partial charge is 0.497 e. The lowest BCUT2D eigenvalue weighted by Gasteiger charge is -2.24. The van der Waals surface area contributed by atoms with Crippen LogP contribution in [0.2, 0.25) is 5.02 Å². The molecule has 4 rings (SSSR count). The molecule has 2 fully saturated rings. The van der Waals surface area contributed by atoms with Gasteiger partial charge in [-0.2, -0.15) is 0 Å². The van der Waals surface area contributed by atoms with Crippen LogP contribution in [-0.4, -0.2) is 36.5 Å². The Labute approximate surface area is 162 Å². The fourth-order valence-electron chi connectivity index (χ4n) is 3.95. The molecule has 2 atom stereocenters. The molecule has 1 aliphatic heterocycles. The predicted octanol–water partition coefficient (Wildman–Crippen LogP) is 5.11. The van der Waals surface area contributed by atoms with Gasteiger partial charge in [-0.05, 0) is 60.6 Å². The van der Waals surface area contributed by atoms with E-state index in [1.165, 1.54) is 12.1 Å². The summed E-state index contributed by atoms with van der Waals surface area (Å²) in [6.07, 6.45) is 3.16. The maximum absolute atomic E-state index is 13.4. The van der Waals surface area contributed by atoms with Crippen molar-refractivity contribution in [3.8, 4) is 5.75 Å². The highest BCUT2D eigenvalue weighted by Crippen LogP contribution is 2.60. The number of halogens is 2. The van der Waals surface area contributed by atoms with Crippen LogP contribution in [0.4, 0.5) is 10.1 Å². The Hall–Kier alpha value is -1.72. The van der Waals surface area contributed by atoms with Crippen molar-refractivity contribution in [2.45, 2.75) is 11.8 Å². The van der Waals surface area contributed by atoms with Crippen molar-refractivity contribution < 1.29 is 9.13 Å². The Kier molecular flexibility index (Phi) is 4.61. The highest BCUT2D eigenvalue weighted by molar-refractivity contribution is 8.13. The average molecular weight is 391 g/mol. The first-order valence-electron chi connectivity index (χ1n) is 8.53. The summed E-state index contributed by atoms with van der Waals surface area (Å²) < 4.78 is 18.6. The van der Waals surface area contributed by atoms with Crippen molar-refractivity contribution in [1.29, 1.82) is 0 Å². The lowest BCUT2D eigenvalue weighted by atomic mass is 9.95. The number of ether oxygens (including phenoxy) is 1. The third kappa shape index (κ3) is 3.08. The third-order valence-electron chi connectivity index (χ3n) is 5.36. The number of thioether (sulfide) groups is 1. The minimum absolute atomic E-state index is 0.0428. The molecule has 0 unspecified atom stereocenters. The molecule has 0 amide bonds. The average Bonchev–Trinajstić information content (AvgIpc) is 3.20. The zero-order chi connectivity index (χ0) is 18.3. The molecule has 26 heavy (non-hydrogen) atoms. The zero-order valence-electron chi connectivity index (χ0n) is 14.7. The standard InChI is InChI=1S/C20H20ClFN2OS/c1-25-16-6-4-15(5-7-16)23-19(26-2)24-11-13-10-20(13,12-24)17-8-3-14(22)9-18(17)21/h3-9,13H,10-12H2,1-2H3/t13-,20-/m1/s1. The molecule has 1 heterocycles. The van der Waals surface area contributed by atoms with Crippen molar-refractivity contribution in [3.63, 3.8) is 0 Å². The lowest BCUT2D eigenvalue weighted by Crippen LogP contribution is -2.30. The van der Waals surface area contributed by atoms with E-state index in [2.05, 4.69) is 4.90 Å². The Balaban J connectivity index is 1.56. The number of amidine groups is 1. The summed E-state index contributed by atoms with van der Waals surface area (Å²) in [6.45, 7) is 1.84. The first-order chi connectivity index (χ1) is 12.6. The molecule has 3 nitrogen and oxygen atoms in total. The Bertz CT molecular complexity index is 857. The van der Waals surface area contributed by atoms with Gasteiger partial charge in [0.05, 0.1) is 12.8 Å². The molecule has 0 bridgehead atoms. The van der Waals surface area contributed by atoms with Gasteiger partial charge in [-0.15, -0.1) is 0 Å². The second-order valence-electron chi connectivity index (χ2n) is 6.86. The summed E-state index contributed by atoms with van der Waals surface area (Å²) in [4.78, 5) is 7.13. The number of benzene rings is 2. The van der Waals surface area contributed by atoms with Gasteiger partial charge in [0.15, 0.2) is 5.17 Å². The third-order valence-corrected chi connectivity index (χ3v) is 6.39. The molecule has 0 N–H and O–H groups in total. The minimum Gasteiger partial charge on any atom is -0.497 e. The Morgan fingerprint density at radius 3 is 2.73 bits per heavy atom. The monoisotopic (exact) mass is 390 g/mol. The number of aliphatic imine (C=N–C) groups is 1. The van der Waals surface area contributed by atoms with Gasteiger partial charge >= 0.3 is 0 Å². The molecule has 1 saturated heterocycles. The summed E-state index contributed by atoms with van der Waals surface area (Å²) in [5.74, 6) is 1.09. The Morgan fingerprint density at radius 1 is 1.31 bits per heavy atom. The quantitative estimate of drug-likeness (QED) is 0.537. The minimum atomic E-state index is -0.284. The van der Waals surface area contributed by atoms with Gasteiger partial charge in [0.1, 0.15) is 11.6 Å². The molecule has 1 aliphatic carbocycles. The van der Waals surface area contributed by atoms with Crippen LogP contribution in [0.15, 0.2) is 47.5 Å². The van der Waals surface area contributed by atoms with Crippen LogP contribution in [0, 0.1) is 11.7 Å². The van der Waals surface area contributed by atoms with E-state index in [0.29, 0.717) is 10.9 Å². The molecular formula is C20H20ClFN2OS. The number of methoxy groups -OCH3 is 1. The molecular weight excluding hydrogens is 371 g/mol. The molecule has 0 spiro atoms. The van der Waals surface area contributed by atoms with Crippen molar-refractivity contribution in [2.75, 3.05) is 26.5 Å². The van der Waals surface area contributed by atoms with Crippen LogP contribution < -0.4 is 4.74 Å². The predicted molar refractivity (Wildman–Crippen MR) is 106 cm³/mol. The van der Waals surface area contributed by atoms with E-state index in [9.17, 15) is 4.39 Å². The highest BCUT2D eigenvalue weighted by Gasteiger charge is 2.61. The number of likely N-dealkylation sites (tertiary alicyclic amines) is 1. The van der Waals surface area contributed by atoms with Crippen molar-refractivity contribution in [1.82, 2.24) is 4.90 Å². The molecule has 0 radical (unpaired) electrons. The molecule has 2 aromatic carbocycles. The number of nitrogens with zero attached hydrogens (tertiary/aromatic N) is 2. The summed E-state index contributed by atoms with van der Waals surface area (Å²) in [5.41, 5.74) is 2.02. The zero-order valence-corrected chi connectivity index (χ0v) is 16.3. The van der Waals surface area contributed by atoms with E-state index in [4.69, 9.17) is 21.3 Å². The van der Waals surface area contributed by atoms with Crippen LogP contribution in [0.25, 0.3) is 0 Å². The summed E-state index contributed by atoms with van der Waals surface area (Å²) in [7, 11) is 1.65. The number of piperidine rings is 1. The van der Waals surface area contributed by atoms with Gasteiger partial charge in [0.2, 0.25) is 0 Å². The van der Waals surface area contributed by atoms with Gasteiger partial charge < -0.3 is 9.64 Å². The molecule has 0 aromatic heterocycles. The smallest absolute Gasteiger partial charge is 0.164 e. The van der Waals surface area contributed by atoms with E-state index < -0.39 is 0 Å². The molecule has 2 aromatic rings. The first kappa shape index (κ1) is 17.7. The second-order valence-corrected chi connectivity index (χ2v) is 8.04. The van der Waals surface area contributed by atoms with Gasteiger partial charge in [0, 0.05) is 23.5 Å². The number of fused-ring (bicyclic) bond motifs is 1. The fraction of sp³-hybridized carbons (Fsp3) is 0.350. The topological polar surface area (TPSA) is 24.8 Å².